The number of carbonyl (C=O) groups excluding carboxylic acids is 1. The van der Waals surface area contributed by atoms with Crippen LogP contribution in [-0.2, 0) is 6.42 Å². The van der Waals surface area contributed by atoms with Crippen LogP contribution in [0.25, 0.3) is 5.57 Å². The maximum Gasteiger partial charge on any atom is 0.249 e. The van der Waals surface area contributed by atoms with Gasteiger partial charge in [-0.25, -0.2) is 0 Å². The fraction of sp³-hybridized carbons (Fsp3) is 0.500. The minimum absolute atomic E-state index is 0.327. The van der Waals surface area contributed by atoms with Gasteiger partial charge in [-0.15, -0.1) is 0 Å². The number of hydrogen-bond acceptors (Lipinski definition) is 2. The Hall–Kier alpha value is -1.61. The number of aliphatic hydroxyl groups excluding tert-OH is 1. The first kappa shape index (κ1) is 15.8. The van der Waals surface area contributed by atoms with Crippen molar-refractivity contribution >= 4 is 11.5 Å². The number of primary amides is 1. The van der Waals surface area contributed by atoms with E-state index < -0.39 is 6.10 Å². The van der Waals surface area contributed by atoms with Crippen LogP contribution in [0.15, 0.2) is 24.3 Å². The lowest BCUT2D eigenvalue weighted by Gasteiger charge is -2.29. The molecule has 3 heteroatoms. The lowest BCUT2D eigenvalue weighted by Crippen LogP contribution is -2.17. The number of allylic oxidation sites excluding steroid dienone is 2. The molecule has 2 rings (SSSR count). The second kappa shape index (κ2) is 6.02. The van der Waals surface area contributed by atoms with Gasteiger partial charge in [-0.1, -0.05) is 32.1 Å². The van der Waals surface area contributed by atoms with Crippen molar-refractivity contribution in [2.45, 2.75) is 52.6 Å². The van der Waals surface area contributed by atoms with E-state index in [4.69, 9.17) is 5.73 Å². The van der Waals surface area contributed by atoms with E-state index >= 15 is 0 Å². The number of aliphatic hydroxyl groups is 1. The van der Waals surface area contributed by atoms with E-state index in [1.807, 2.05) is 12.1 Å². The van der Waals surface area contributed by atoms with Gasteiger partial charge in [0.1, 0.15) is 0 Å². The summed E-state index contributed by atoms with van der Waals surface area (Å²) < 4.78 is 0. The molecule has 0 heterocycles. The number of hydrogen-bond donors (Lipinski definition) is 2. The molecule has 3 N–H and O–H groups in total. The summed E-state index contributed by atoms with van der Waals surface area (Å²) in [6.07, 6.45) is 5.52. The van der Waals surface area contributed by atoms with Crippen LogP contribution in [0, 0.1) is 5.41 Å². The molecule has 0 bridgehead atoms. The summed E-state index contributed by atoms with van der Waals surface area (Å²) in [6.45, 7) is 6.29. The second-order valence-corrected chi connectivity index (χ2v) is 6.90. The monoisotopic (exact) mass is 287 g/mol. The zero-order valence-electron chi connectivity index (χ0n) is 13.1. The highest BCUT2D eigenvalue weighted by Gasteiger charge is 2.23. The van der Waals surface area contributed by atoms with Crippen molar-refractivity contribution in [3.63, 3.8) is 0 Å². The topological polar surface area (TPSA) is 63.3 Å². The second-order valence-electron chi connectivity index (χ2n) is 6.90. The summed E-state index contributed by atoms with van der Waals surface area (Å²) in [7, 11) is 0. The molecule has 1 aromatic carbocycles. The van der Waals surface area contributed by atoms with E-state index in [2.05, 4.69) is 19.9 Å². The Kier molecular flexibility index (Phi) is 4.52. The highest BCUT2D eigenvalue weighted by molar-refractivity contribution is 5.98. The van der Waals surface area contributed by atoms with Gasteiger partial charge in [0.25, 0.3) is 0 Å². The van der Waals surface area contributed by atoms with Gasteiger partial charge in [-0.2, -0.15) is 0 Å². The minimum Gasteiger partial charge on any atom is -0.393 e. The molecular weight excluding hydrogens is 262 g/mol. The van der Waals surface area contributed by atoms with E-state index in [0.717, 1.165) is 30.4 Å². The van der Waals surface area contributed by atoms with Crippen molar-refractivity contribution in [1.29, 1.82) is 0 Å². The first-order chi connectivity index (χ1) is 9.78. The van der Waals surface area contributed by atoms with Gasteiger partial charge >= 0.3 is 0 Å². The molecule has 1 atom stereocenters. The van der Waals surface area contributed by atoms with Crippen LogP contribution in [0.2, 0.25) is 0 Å². The van der Waals surface area contributed by atoms with E-state index in [-0.39, 0.29) is 5.91 Å². The van der Waals surface area contributed by atoms with Gasteiger partial charge in [0.15, 0.2) is 0 Å². The largest absolute Gasteiger partial charge is 0.393 e. The van der Waals surface area contributed by atoms with Gasteiger partial charge < -0.3 is 10.8 Å². The summed E-state index contributed by atoms with van der Waals surface area (Å²) in [5.41, 5.74) is 9.60. The third kappa shape index (κ3) is 3.94. The van der Waals surface area contributed by atoms with Crippen molar-refractivity contribution in [3.8, 4) is 0 Å². The summed E-state index contributed by atoms with van der Waals surface area (Å²) in [4.78, 5) is 11.7. The maximum absolute atomic E-state index is 11.7. The van der Waals surface area contributed by atoms with Crippen molar-refractivity contribution in [1.82, 2.24) is 0 Å². The van der Waals surface area contributed by atoms with E-state index in [1.54, 1.807) is 13.0 Å². The molecule has 21 heavy (non-hydrogen) atoms. The lowest BCUT2D eigenvalue weighted by molar-refractivity contribution is 0.1000. The smallest absolute Gasteiger partial charge is 0.249 e. The van der Waals surface area contributed by atoms with Gasteiger partial charge in [0.2, 0.25) is 5.91 Å². The Morgan fingerprint density at radius 2 is 2.14 bits per heavy atom. The average molecular weight is 287 g/mol. The molecule has 0 aliphatic heterocycles. The summed E-state index contributed by atoms with van der Waals surface area (Å²) >= 11 is 0. The van der Waals surface area contributed by atoms with Crippen LogP contribution in [-0.4, -0.2) is 17.1 Å². The van der Waals surface area contributed by atoms with Crippen LogP contribution < -0.4 is 5.73 Å². The lowest BCUT2D eigenvalue weighted by atomic mass is 9.76. The Morgan fingerprint density at radius 1 is 1.43 bits per heavy atom. The third-order valence-electron chi connectivity index (χ3n) is 4.20. The highest BCUT2D eigenvalue weighted by Crippen LogP contribution is 2.39. The molecule has 0 fully saturated rings. The van der Waals surface area contributed by atoms with Crippen molar-refractivity contribution < 1.29 is 9.90 Å². The molecule has 1 amide bonds. The Labute approximate surface area is 126 Å². The van der Waals surface area contributed by atoms with E-state index in [9.17, 15) is 9.90 Å². The fourth-order valence-electron chi connectivity index (χ4n) is 2.86. The molecule has 0 saturated heterocycles. The van der Waals surface area contributed by atoms with Crippen LogP contribution in [0.3, 0.4) is 0 Å². The average Bonchev–Trinajstić information content (AvgIpc) is 2.37. The molecule has 1 aliphatic carbocycles. The predicted molar refractivity (Wildman–Crippen MR) is 86.0 cm³/mol. The highest BCUT2D eigenvalue weighted by atomic mass is 16.3. The van der Waals surface area contributed by atoms with Crippen LogP contribution in [0.1, 0.15) is 61.5 Å². The minimum atomic E-state index is -0.392. The molecule has 1 aromatic rings. The van der Waals surface area contributed by atoms with Crippen molar-refractivity contribution in [2.24, 2.45) is 11.1 Å². The molecule has 0 spiro atoms. The molecule has 1 aliphatic rings. The number of rotatable bonds is 4. The summed E-state index contributed by atoms with van der Waals surface area (Å²) in [5, 5.41) is 9.55. The normalized spacial score (nSPS) is 19.0. The van der Waals surface area contributed by atoms with Crippen LogP contribution >= 0.6 is 0 Å². The van der Waals surface area contributed by atoms with Crippen molar-refractivity contribution in [2.75, 3.05) is 0 Å². The number of carbonyl (C=O) groups is 1. The predicted octanol–water partition coefficient (Wildman–Crippen LogP) is 3.30. The van der Waals surface area contributed by atoms with Gasteiger partial charge in [-0.05, 0) is 60.8 Å². The Bertz CT molecular complexity index is 571. The quantitative estimate of drug-likeness (QED) is 0.892. The molecule has 0 aromatic heterocycles. The third-order valence-corrected chi connectivity index (χ3v) is 4.20. The first-order valence-electron chi connectivity index (χ1n) is 7.59. The standard InChI is InChI=1S/C18H25NO2/c1-12(20)10-13-4-5-15(17(19)21)16(11-13)14-6-8-18(2,3)9-7-14/h4-6,11-12,20H,7-10H2,1-3H3,(H2,19,21). The van der Waals surface area contributed by atoms with Crippen molar-refractivity contribution in [3.05, 3.63) is 41.0 Å². The maximum atomic E-state index is 11.7. The van der Waals surface area contributed by atoms with Gasteiger partial charge in [0, 0.05) is 5.56 Å². The zero-order chi connectivity index (χ0) is 15.6. The summed E-state index contributed by atoms with van der Waals surface area (Å²) in [5.74, 6) is -0.390. The number of amides is 1. The first-order valence-corrected chi connectivity index (χ1v) is 7.59. The summed E-state index contributed by atoms with van der Waals surface area (Å²) in [6, 6.07) is 5.68. The Morgan fingerprint density at radius 3 is 2.67 bits per heavy atom. The SMILES string of the molecule is CC(O)Cc1ccc(C(N)=O)c(C2=CCC(C)(C)CC2)c1. The van der Waals surface area contributed by atoms with Gasteiger partial charge in [-0.3, -0.25) is 4.79 Å². The molecular formula is C18H25NO2. The zero-order valence-corrected chi connectivity index (χ0v) is 13.1. The Balaban J connectivity index is 2.40. The van der Waals surface area contributed by atoms with Crippen LogP contribution in [0.4, 0.5) is 0 Å². The molecule has 0 radical (unpaired) electrons. The van der Waals surface area contributed by atoms with Gasteiger partial charge in [0.05, 0.1) is 6.10 Å². The number of benzene rings is 1. The van der Waals surface area contributed by atoms with E-state index in [1.165, 1.54) is 5.57 Å². The fourth-order valence-corrected chi connectivity index (χ4v) is 2.86. The number of nitrogens with two attached hydrogens (primary N) is 1. The molecule has 3 nitrogen and oxygen atoms in total. The molecule has 0 saturated carbocycles. The van der Waals surface area contributed by atoms with E-state index in [0.29, 0.717) is 17.4 Å². The van der Waals surface area contributed by atoms with Crippen LogP contribution in [0.5, 0.6) is 0 Å². The molecule has 1 unspecified atom stereocenters. The molecule has 114 valence electrons.